The molecule has 0 aromatic carbocycles. The SMILES string of the molecule is C=CC[C@@H]1CC=CC2=C1C(C)=CC(C)(C)O2. The molecule has 0 N–H and O–H groups in total. The van der Waals surface area contributed by atoms with Crippen molar-refractivity contribution in [3.8, 4) is 0 Å². The maximum Gasteiger partial charge on any atom is 0.124 e. The predicted molar refractivity (Wildman–Crippen MR) is 68.0 cm³/mol. The molecule has 0 fully saturated rings. The highest BCUT2D eigenvalue weighted by Crippen LogP contribution is 2.39. The van der Waals surface area contributed by atoms with Crippen molar-refractivity contribution in [3.63, 3.8) is 0 Å². The third kappa shape index (κ3) is 1.99. The molecule has 1 aliphatic heterocycles. The first kappa shape index (κ1) is 11.3. The molecule has 86 valence electrons. The standard InChI is InChI=1S/C15H20O/c1-5-7-12-8-6-9-13-14(12)11(2)10-15(3,4)16-13/h5-6,9-10,12H,1,7-8H2,2-4H3/t12-/m1/s1. The van der Waals surface area contributed by atoms with Crippen LogP contribution in [0.25, 0.3) is 0 Å². The summed E-state index contributed by atoms with van der Waals surface area (Å²) < 4.78 is 6.01. The molecule has 1 heterocycles. The monoisotopic (exact) mass is 216 g/mol. The average Bonchev–Trinajstić information content (AvgIpc) is 2.15. The molecule has 0 radical (unpaired) electrons. The fourth-order valence-corrected chi connectivity index (χ4v) is 2.68. The van der Waals surface area contributed by atoms with Crippen LogP contribution in [0.15, 0.2) is 47.8 Å². The van der Waals surface area contributed by atoms with Crippen molar-refractivity contribution >= 4 is 0 Å². The molecule has 0 saturated heterocycles. The average molecular weight is 216 g/mol. The summed E-state index contributed by atoms with van der Waals surface area (Å²) in [4.78, 5) is 0. The largest absolute Gasteiger partial charge is 0.483 e. The number of allylic oxidation sites excluding steroid dienone is 5. The molecule has 0 unspecified atom stereocenters. The van der Waals surface area contributed by atoms with Crippen molar-refractivity contribution in [2.75, 3.05) is 0 Å². The van der Waals surface area contributed by atoms with Gasteiger partial charge in [0.15, 0.2) is 0 Å². The second kappa shape index (κ2) is 3.97. The Morgan fingerprint density at radius 1 is 1.56 bits per heavy atom. The van der Waals surface area contributed by atoms with Crippen molar-refractivity contribution in [1.29, 1.82) is 0 Å². The van der Waals surface area contributed by atoms with E-state index in [1.54, 1.807) is 0 Å². The van der Waals surface area contributed by atoms with Crippen molar-refractivity contribution in [2.24, 2.45) is 5.92 Å². The second-order valence-electron chi connectivity index (χ2n) is 5.17. The summed E-state index contributed by atoms with van der Waals surface area (Å²) in [5.74, 6) is 1.60. The molecule has 1 atom stereocenters. The van der Waals surface area contributed by atoms with E-state index >= 15 is 0 Å². The van der Waals surface area contributed by atoms with Gasteiger partial charge in [-0.2, -0.15) is 0 Å². The van der Waals surface area contributed by atoms with Crippen LogP contribution in [0.3, 0.4) is 0 Å². The first-order valence-corrected chi connectivity index (χ1v) is 5.94. The molecule has 0 aromatic rings. The lowest BCUT2D eigenvalue weighted by Crippen LogP contribution is -2.28. The van der Waals surface area contributed by atoms with E-state index in [9.17, 15) is 0 Å². The first-order valence-electron chi connectivity index (χ1n) is 5.94. The number of hydrogen-bond acceptors (Lipinski definition) is 1. The Bertz CT molecular complexity index is 392. The lowest BCUT2D eigenvalue weighted by atomic mass is 9.81. The van der Waals surface area contributed by atoms with E-state index in [1.807, 2.05) is 6.08 Å². The Labute approximate surface area is 98.2 Å². The Morgan fingerprint density at radius 2 is 2.31 bits per heavy atom. The van der Waals surface area contributed by atoms with Crippen molar-refractivity contribution in [2.45, 2.75) is 39.2 Å². The van der Waals surface area contributed by atoms with Crippen molar-refractivity contribution < 1.29 is 4.74 Å². The van der Waals surface area contributed by atoms with Crippen LogP contribution in [0.2, 0.25) is 0 Å². The van der Waals surface area contributed by atoms with Gasteiger partial charge in [0.2, 0.25) is 0 Å². The minimum atomic E-state index is -0.177. The molecular formula is C15H20O. The van der Waals surface area contributed by atoms with Crippen LogP contribution >= 0.6 is 0 Å². The summed E-state index contributed by atoms with van der Waals surface area (Å²) in [5, 5.41) is 0. The Balaban J connectivity index is 2.37. The third-order valence-electron chi connectivity index (χ3n) is 3.18. The zero-order chi connectivity index (χ0) is 11.8. The van der Waals surface area contributed by atoms with Gasteiger partial charge in [-0.1, -0.05) is 12.2 Å². The number of ether oxygens (including phenoxy) is 1. The van der Waals surface area contributed by atoms with Crippen LogP contribution in [0.5, 0.6) is 0 Å². The Hall–Kier alpha value is -1.24. The summed E-state index contributed by atoms with van der Waals surface area (Å²) in [7, 11) is 0. The summed E-state index contributed by atoms with van der Waals surface area (Å²) in [6.45, 7) is 10.2. The van der Waals surface area contributed by atoms with Crippen LogP contribution in [0, 0.1) is 5.92 Å². The summed E-state index contributed by atoms with van der Waals surface area (Å²) in [6, 6.07) is 0. The molecule has 0 amide bonds. The maximum atomic E-state index is 6.01. The molecule has 1 nitrogen and oxygen atoms in total. The van der Waals surface area contributed by atoms with Gasteiger partial charge in [0.25, 0.3) is 0 Å². The van der Waals surface area contributed by atoms with Crippen LogP contribution in [0.4, 0.5) is 0 Å². The van der Waals surface area contributed by atoms with E-state index in [-0.39, 0.29) is 5.60 Å². The van der Waals surface area contributed by atoms with Gasteiger partial charge in [0.05, 0.1) is 0 Å². The summed E-state index contributed by atoms with van der Waals surface area (Å²) in [6.07, 6.45) is 10.7. The minimum absolute atomic E-state index is 0.177. The quantitative estimate of drug-likeness (QED) is 0.630. The molecule has 0 spiro atoms. The van der Waals surface area contributed by atoms with E-state index in [4.69, 9.17) is 4.74 Å². The molecule has 2 rings (SSSR count). The molecule has 1 aliphatic carbocycles. The normalized spacial score (nSPS) is 26.9. The lowest BCUT2D eigenvalue weighted by molar-refractivity contribution is 0.0765. The smallest absolute Gasteiger partial charge is 0.124 e. The third-order valence-corrected chi connectivity index (χ3v) is 3.18. The molecular weight excluding hydrogens is 196 g/mol. The molecule has 0 aromatic heterocycles. The highest BCUT2D eigenvalue weighted by Gasteiger charge is 2.30. The van der Waals surface area contributed by atoms with Crippen LogP contribution in [-0.2, 0) is 4.74 Å². The highest BCUT2D eigenvalue weighted by atomic mass is 16.5. The van der Waals surface area contributed by atoms with Gasteiger partial charge in [-0.05, 0) is 57.3 Å². The molecule has 0 bridgehead atoms. The molecule has 2 aliphatic rings. The van der Waals surface area contributed by atoms with Crippen LogP contribution in [-0.4, -0.2) is 5.60 Å². The van der Waals surface area contributed by atoms with Gasteiger partial charge in [-0.3, -0.25) is 0 Å². The molecule has 1 heteroatoms. The molecule has 16 heavy (non-hydrogen) atoms. The van der Waals surface area contributed by atoms with Gasteiger partial charge in [-0.25, -0.2) is 0 Å². The van der Waals surface area contributed by atoms with E-state index in [0.717, 1.165) is 18.6 Å². The van der Waals surface area contributed by atoms with E-state index in [1.165, 1.54) is 11.1 Å². The second-order valence-corrected chi connectivity index (χ2v) is 5.17. The topological polar surface area (TPSA) is 9.23 Å². The first-order chi connectivity index (χ1) is 7.53. The predicted octanol–water partition coefficient (Wildman–Crippen LogP) is 4.15. The summed E-state index contributed by atoms with van der Waals surface area (Å²) in [5.41, 5.74) is 2.56. The fourth-order valence-electron chi connectivity index (χ4n) is 2.68. The van der Waals surface area contributed by atoms with Crippen LogP contribution in [0.1, 0.15) is 33.6 Å². The molecule has 0 saturated carbocycles. The zero-order valence-corrected chi connectivity index (χ0v) is 10.4. The fraction of sp³-hybridized carbons (Fsp3) is 0.467. The van der Waals surface area contributed by atoms with Gasteiger partial charge in [0.1, 0.15) is 11.4 Å². The summed E-state index contributed by atoms with van der Waals surface area (Å²) >= 11 is 0. The Kier molecular flexibility index (Phi) is 2.79. The van der Waals surface area contributed by atoms with E-state index < -0.39 is 0 Å². The van der Waals surface area contributed by atoms with Gasteiger partial charge < -0.3 is 4.74 Å². The van der Waals surface area contributed by atoms with E-state index in [0.29, 0.717) is 5.92 Å². The number of hydrogen-bond donors (Lipinski definition) is 0. The van der Waals surface area contributed by atoms with Crippen LogP contribution < -0.4 is 0 Å². The van der Waals surface area contributed by atoms with Gasteiger partial charge >= 0.3 is 0 Å². The lowest BCUT2D eigenvalue weighted by Gasteiger charge is -2.35. The maximum absolute atomic E-state index is 6.01. The zero-order valence-electron chi connectivity index (χ0n) is 10.4. The van der Waals surface area contributed by atoms with E-state index in [2.05, 4.69) is 45.6 Å². The van der Waals surface area contributed by atoms with Crippen molar-refractivity contribution in [1.82, 2.24) is 0 Å². The van der Waals surface area contributed by atoms with Gasteiger partial charge in [-0.15, -0.1) is 6.58 Å². The van der Waals surface area contributed by atoms with Crippen molar-refractivity contribution in [3.05, 3.63) is 47.8 Å². The Morgan fingerprint density at radius 3 is 3.00 bits per heavy atom. The minimum Gasteiger partial charge on any atom is -0.483 e. The number of rotatable bonds is 2. The highest BCUT2D eigenvalue weighted by molar-refractivity contribution is 5.44. The van der Waals surface area contributed by atoms with Gasteiger partial charge in [0, 0.05) is 5.57 Å².